The van der Waals surface area contributed by atoms with Gasteiger partial charge in [-0.05, 0) is 43.0 Å². The van der Waals surface area contributed by atoms with E-state index in [0.717, 1.165) is 38.0 Å². The minimum Gasteiger partial charge on any atom is -0.447 e. The van der Waals surface area contributed by atoms with E-state index in [-0.39, 0.29) is 18.0 Å². The summed E-state index contributed by atoms with van der Waals surface area (Å²) in [6.45, 7) is 7.54. The van der Waals surface area contributed by atoms with Crippen molar-refractivity contribution < 1.29 is 13.9 Å². The first-order valence-electron chi connectivity index (χ1n) is 8.01. The Morgan fingerprint density at radius 1 is 1.41 bits per heavy atom. The number of fused-ring (bicyclic) bond motifs is 3. The maximum Gasteiger partial charge on any atom is 0.414 e. The average molecular weight is 306 g/mol. The lowest BCUT2D eigenvalue weighted by molar-refractivity contribution is 0.177. The van der Waals surface area contributed by atoms with Gasteiger partial charge >= 0.3 is 6.09 Å². The number of amides is 1. The molecule has 1 amide bonds. The molecular weight excluding hydrogens is 283 g/mol. The van der Waals surface area contributed by atoms with Crippen LogP contribution in [0.4, 0.5) is 14.9 Å². The molecule has 2 aliphatic rings. The summed E-state index contributed by atoms with van der Waals surface area (Å²) in [5.41, 5.74) is 1.66. The number of ether oxygens (including phenoxy) is 1. The van der Waals surface area contributed by atoms with Gasteiger partial charge in [-0.2, -0.15) is 0 Å². The molecule has 120 valence electrons. The number of rotatable bonds is 3. The summed E-state index contributed by atoms with van der Waals surface area (Å²) in [4.78, 5) is 16.0. The maximum atomic E-state index is 13.7. The van der Waals surface area contributed by atoms with Gasteiger partial charge in [-0.1, -0.05) is 19.9 Å². The zero-order valence-electron chi connectivity index (χ0n) is 13.2. The Balaban J connectivity index is 1.89. The highest BCUT2D eigenvalue weighted by Gasteiger charge is 2.37. The number of hydrogen-bond acceptors (Lipinski definition) is 3. The molecule has 1 fully saturated rings. The van der Waals surface area contributed by atoms with E-state index in [1.165, 1.54) is 12.1 Å². The van der Waals surface area contributed by atoms with Crippen molar-refractivity contribution in [1.82, 2.24) is 4.90 Å². The molecule has 2 heterocycles. The summed E-state index contributed by atoms with van der Waals surface area (Å²) >= 11 is 0. The van der Waals surface area contributed by atoms with Crippen LogP contribution in [0.1, 0.15) is 32.3 Å². The van der Waals surface area contributed by atoms with E-state index in [2.05, 4.69) is 18.7 Å². The minimum absolute atomic E-state index is 0.00917. The lowest BCUT2D eigenvalue weighted by atomic mass is 10.0. The summed E-state index contributed by atoms with van der Waals surface area (Å²) in [5.74, 6) is 0.345. The third kappa shape index (κ3) is 3.09. The van der Waals surface area contributed by atoms with Crippen molar-refractivity contribution in [3.63, 3.8) is 0 Å². The van der Waals surface area contributed by atoms with Gasteiger partial charge in [-0.3, -0.25) is 9.80 Å². The van der Waals surface area contributed by atoms with Crippen LogP contribution in [0.15, 0.2) is 18.2 Å². The van der Waals surface area contributed by atoms with E-state index in [4.69, 9.17) is 4.74 Å². The predicted octanol–water partition coefficient (Wildman–Crippen LogP) is 3.40. The Morgan fingerprint density at radius 2 is 2.23 bits per heavy atom. The number of benzene rings is 1. The van der Waals surface area contributed by atoms with Gasteiger partial charge in [0.05, 0.1) is 11.7 Å². The minimum atomic E-state index is -0.354. The SMILES string of the molecule is CC(C)CCN1CC[C@H]2COC(=O)N2c2cc(F)ccc2C1. The molecule has 1 aromatic carbocycles. The van der Waals surface area contributed by atoms with Crippen molar-refractivity contribution in [3.05, 3.63) is 29.6 Å². The van der Waals surface area contributed by atoms with E-state index >= 15 is 0 Å². The van der Waals surface area contributed by atoms with Gasteiger partial charge in [-0.25, -0.2) is 9.18 Å². The van der Waals surface area contributed by atoms with Crippen LogP contribution in [-0.4, -0.2) is 36.7 Å². The van der Waals surface area contributed by atoms with E-state index < -0.39 is 0 Å². The lowest BCUT2D eigenvalue weighted by Crippen LogP contribution is -2.40. The standard InChI is InChI=1S/C17H23FN2O2/c1-12(2)5-7-19-8-6-15-11-22-17(21)20(15)16-9-14(18)4-3-13(16)10-19/h3-4,9,12,15H,5-8,10-11H2,1-2H3/t15-/m0/s1. The molecular formula is C17H23FN2O2. The highest BCUT2D eigenvalue weighted by atomic mass is 19.1. The van der Waals surface area contributed by atoms with Crippen molar-refractivity contribution in [2.45, 2.75) is 39.3 Å². The molecule has 0 aromatic heterocycles. The highest BCUT2D eigenvalue weighted by molar-refractivity contribution is 5.91. The molecule has 0 spiro atoms. The smallest absolute Gasteiger partial charge is 0.414 e. The Hall–Kier alpha value is -1.62. The molecule has 0 aliphatic carbocycles. The molecule has 1 aromatic rings. The van der Waals surface area contributed by atoms with Crippen molar-refractivity contribution in [2.24, 2.45) is 5.92 Å². The normalized spacial score (nSPS) is 22.1. The summed E-state index contributed by atoms with van der Waals surface area (Å²) in [6, 6.07) is 4.73. The summed E-state index contributed by atoms with van der Waals surface area (Å²) in [6.07, 6.45) is 1.65. The van der Waals surface area contributed by atoms with Gasteiger partial charge < -0.3 is 4.74 Å². The second-order valence-corrected chi connectivity index (χ2v) is 6.62. The Morgan fingerprint density at radius 3 is 3.00 bits per heavy atom. The molecule has 3 rings (SSSR count). The molecule has 0 radical (unpaired) electrons. The van der Waals surface area contributed by atoms with Crippen LogP contribution in [0.5, 0.6) is 0 Å². The predicted molar refractivity (Wildman–Crippen MR) is 83.4 cm³/mol. The van der Waals surface area contributed by atoms with Crippen LogP contribution < -0.4 is 4.90 Å². The van der Waals surface area contributed by atoms with Gasteiger partial charge in [0.2, 0.25) is 0 Å². The molecule has 1 atom stereocenters. The second kappa shape index (κ2) is 6.24. The Kier molecular flexibility index (Phi) is 4.34. The molecule has 5 heteroatoms. The largest absolute Gasteiger partial charge is 0.447 e. The van der Waals surface area contributed by atoms with Crippen LogP contribution in [0.2, 0.25) is 0 Å². The number of nitrogens with zero attached hydrogens (tertiary/aromatic N) is 2. The summed E-state index contributed by atoms with van der Waals surface area (Å²) in [7, 11) is 0. The van der Waals surface area contributed by atoms with Crippen molar-refractivity contribution in [2.75, 3.05) is 24.6 Å². The Bertz CT molecular complexity index is 562. The first-order valence-corrected chi connectivity index (χ1v) is 8.01. The maximum absolute atomic E-state index is 13.7. The molecule has 0 bridgehead atoms. The quantitative estimate of drug-likeness (QED) is 0.858. The molecule has 0 saturated carbocycles. The fourth-order valence-electron chi connectivity index (χ4n) is 3.15. The Labute approximate surface area is 130 Å². The third-order valence-electron chi connectivity index (χ3n) is 4.46. The van der Waals surface area contributed by atoms with Crippen LogP contribution >= 0.6 is 0 Å². The van der Waals surface area contributed by atoms with Crippen molar-refractivity contribution >= 4 is 11.8 Å². The summed E-state index contributed by atoms with van der Waals surface area (Å²) in [5, 5.41) is 0. The summed E-state index contributed by atoms with van der Waals surface area (Å²) < 4.78 is 18.9. The van der Waals surface area contributed by atoms with Gasteiger partial charge in [0.1, 0.15) is 12.4 Å². The van der Waals surface area contributed by atoms with E-state index in [9.17, 15) is 9.18 Å². The van der Waals surface area contributed by atoms with Gasteiger partial charge in [0, 0.05) is 13.1 Å². The van der Waals surface area contributed by atoms with Gasteiger partial charge in [0.15, 0.2) is 0 Å². The van der Waals surface area contributed by atoms with Crippen LogP contribution in [0.25, 0.3) is 0 Å². The molecule has 0 unspecified atom stereocenters. The molecule has 0 N–H and O–H groups in total. The monoisotopic (exact) mass is 306 g/mol. The van der Waals surface area contributed by atoms with Crippen molar-refractivity contribution in [1.29, 1.82) is 0 Å². The molecule has 4 nitrogen and oxygen atoms in total. The first kappa shape index (κ1) is 15.3. The second-order valence-electron chi connectivity index (χ2n) is 6.62. The fraction of sp³-hybridized carbons (Fsp3) is 0.588. The highest BCUT2D eigenvalue weighted by Crippen LogP contribution is 2.32. The zero-order chi connectivity index (χ0) is 15.7. The zero-order valence-corrected chi connectivity index (χ0v) is 13.2. The number of halogens is 1. The van der Waals surface area contributed by atoms with E-state index in [1.807, 2.05) is 0 Å². The van der Waals surface area contributed by atoms with E-state index in [1.54, 1.807) is 11.0 Å². The van der Waals surface area contributed by atoms with Crippen LogP contribution in [0, 0.1) is 11.7 Å². The molecule has 1 saturated heterocycles. The topological polar surface area (TPSA) is 32.8 Å². The number of anilines is 1. The fourth-order valence-corrected chi connectivity index (χ4v) is 3.15. The lowest BCUT2D eigenvalue weighted by Gasteiger charge is -2.32. The number of hydrogen-bond donors (Lipinski definition) is 0. The molecule has 22 heavy (non-hydrogen) atoms. The van der Waals surface area contributed by atoms with Gasteiger partial charge in [-0.15, -0.1) is 0 Å². The third-order valence-corrected chi connectivity index (χ3v) is 4.46. The van der Waals surface area contributed by atoms with Gasteiger partial charge in [0.25, 0.3) is 0 Å². The van der Waals surface area contributed by atoms with Crippen molar-refractivity contribution in [3.8, 4) is 0 Å². The van der Waals surface area contributed by atoms with Crippen LogP contribution in [0.3, 0.4) is 0 Å². The number of carbonyl (C=O) groups is 1. The van der Waals surface area contributed by atoms with Crippen LogP contribution in [-0.2, 0) is 11.3 Å². The number of carbonyl (C=O) groups excluding carboxylic acids is 1. The average Bonchev–Trinajstić information content (AvgIpc) is 2.81. The molecule has 2 aliphatic heterocycles. The number of cyclic esters (lactones) is 1. The van der Waals surface area contributed by atoms with E-state index in [0.29, 0.717) is 18.2 Å². The first-order chi connectivity index (χ1) is 10.5.